The maximum Gasteiger partial charge on any atom is 0.297 e. The molecule has 1 amide bonds. The van der Waals surface area contributed by atoms with Crippen LogP contribution in [0.2, 0.25) is 0 Å². The maximum absolute atomic E-state index is 13.5. The van der Waals surface area contributed by atoms with E-state index in [9.17, 15) is 13.6 Å². The zero-order chi connectivity index (χ0) is 27.2. The van der Waals surface area contributed by atoms with Gasteiger partial charge in [0.25, 0.3) is 6.43 Å². The molecule has 0 saturated carbocycles. The molecule has 3 aromatic rings. The molecule has 5 rings (SSSR count). The van der Waals surface area contributed by atoms with E-state index in [1.165, 1.54) is 7.05 Å². The average molecular weight is 527 g/mol. The van der Waals surface area contributed by atoms with Crippen LogP contribution in [0.5, 0.6) is 5.88 Å². The lowest BCUT2D eigenvalue weighted by molar-refractivity contribution is -0.134. The van der Waals surface area contributed by atoms with E-state index in [1.807, 2.05) is 24.8 Å². The van der Waals surface area contributed by atoms with Crippen molar-refractivity contribution in [2.24, 2.45) is 7.05 Å². The Hall–Kier alpha value is -3.70. The lowest BCUT2D eigenvalue weighted by Crippen LogP contribution is -2.56. The van der Waals surface area contributed by atoms with Crippen LogP contribution in [0.25, 0.3) is 11.4 Å². The molecule has 0 aliphatic carbocycles. The first-order valence-corrected chi connectivity index (χ1v) is 12.8. The van der Waals surface area contributed by atoms with Crippen molar-refractivity contribution in [1.29, 1.82) is 0 Å². The van der Waals surface area contributed by atoms with E-state index in [0.717, 1.165) is 41.7 Å². The summed E-state index contributed by atoms with van der Waals surface area (Å²) in [5.41, 5.74) is 2.65. The number of likely N-dealkylation sites (tertiary alicyclic amines) is 1. The van der Waals surface area contributed by atoms with E-state index in [1.54, 1.807) is 20.1 Å². The fourth-order valence-electron chi connectivity index (χ4n) is 5.48. The van der Waals surface area contributed by atoms with Gasteiger partial charge in [0.05, 0.1) is 30.0 Å². The molecule has 2 atom stereocenters. The highest BCUT2D eigenvalue weighted by Crippen LogP contribution is 2.38. The summed E-state index contributed by atoms with van der Waals surface area (Å²) in [5, 5.41) is 7.83. The number of rotatable bonds is 5. The minimum absolute atomic E-state index is 0.0207. The van der Waals surface area contributed by atoms with E-state index in [4.69, 9.17) is 9.72 Å². The normalized spacial score (nSPS) is 19.8. The highest BCUT2D eigenvalue weighted by molar-refractivity contribution is 5.83. The standard InChI is InChI=1S/C26H32F2N8O2/c1-14(19-12-20(38-5)31-16(3)30-19)25(37)36-10-6-8-26(13-36)9-7-17-11-18(15(2)29-22(17)33-26)23-32-24(21(27)28)35(4)34-23/h11-12,14,21H,6-10,13H2,1-5H3,(H,29,33)/t14-,26-/m1/s1. The van der Waals surface area contributed by atoms with E-state index in [2.05, 4.69) is 25.4 Å². The molecule has 10 nitrogen and oxygen atoms in total. The van der Waals surface area contributed by atoms with Gasteiger partial charge in [-0.05, 0) is 58.1 Å². The Bertz CT molecular complexity index is 1380. The second-order valence-electron chi connectivity index (χ2n) is 10.2. The molecule has 1 spiro atoms. The van der Waals surface area contributed by atoms with Gasteiger partial charge in [-0.15, -0.1) is 0 Å². The van der Waals surface area contributed by atoms with Gasteiger partial charge in [-0.2, -0.15) is 10.1 Å². The summed E-state index contributed by atoms with van der Waals surface area (Å²) < 4.78 is 32.8. The summed E-state index contributed by atoms with van der Waals surface area (Å²) in [6.45, 7) is 6.73. The minimum Gasteiger partial charge on any atom is -0.481 e. The van der Waals surface area contributed by atoms with Crippen LogP contribution in [0, 0.1) is 13.8 Å². The Morgan fingerprint density at radius 1 is 1.16 bits per heavy atom. The maximum atomic E-state index is 13.5. The van der Waals surface area contributed by atoms with Crippen LogP contribution < -0.4 is 10.1 Å². The minimum atomic E-state index is -2.70. The number of alkyl halides is 2. The van der Waals surface area contributed by atoms with Crippen molar-refractivity contribution in [1.82, 2.24) is 34.6 Å². The van der Waals surface area contributed by atoms with Gasteiger partial charge in [0, 0.05) is 31.8 Å². The Morgan fingerprint density at radius 2 is 1.95 bits per heavy atom. The largest absolute Gasteiger partial charge is 0.481 e. The van der Waals surface area contributed by atoms with Crippen LogP contribution in [-0.4, -0.2) is 66.3 Å². The summed E-state index contributed by atoms with van der Waals surface area (Å²) in [6.07, 6.45) is 0.664. The van der Waals surface area contributed by atoms with E-state index >= 15 is 0 Å². The number of piperidine rings is 1. The summed E-state index contributed by atoms with van der Waals surface area (Å²) >= 11 is 0. The Morgan fingerprint density at radius 3 is 2.66 bits per heavy atom. The third-order valence-electron chi connectivity index (χ3n) is 7.53. The van der Waals surface area contributed by atoms with E-state index < -0.39 is 12.3 Å². The Balaban J connectivity index is 1.35. The molecule has 202 valence electrons. The van der Waals surface area contributed by atoms with Crippen molar-refractivity contribution < 1.29 is 18.3 Å². The number of pyridine rings is 1. The number of nitrogens with one attached hydrogen (secondary N) is 1. The van der Waals surface area contributed by atoms with Gasteiger partial charge in [-0.25, -0.2) is 28.4 Å². The number of methoxy groups -OCH3 is 1. The molecule has 12 heteroatoms. The van der Waals surface area contributed by atoms with Crippen molar-refractivity contribution in [2.75, 3.05) is 25.5 Å². The molecule has 0 bridgehead atoms. The molecule has 1 fully saturated rings. The van der Waals surface area contributed by atoms with Crippen molar-refractivity contribution in [3.05, 3.63) is 40.7 Å². The first-order valence-electron chi connectivity index (χ1n) is 12.8. The molecule has 1 N–H and O–H groups in total. The summed E-state index contributed by atoms with van der Waals surface area (Å²) in [5.74, 6) is 1.24. The fraction of sp³-hybridized carbons (Fsp3) is 0.538. The molecule has 2 aliphatic heterocycles. The molecular formula is C26H32F2N8O2. The summed E-state index contributed by atoms with van der Waals surface area (Å²) in [6, 6.07) is 3.66. The first-order chi connectivity index (χ1) is 18.1. The molecule has 0 unspecified atom stereocenters. The summed E-state index contributed by atoms with van der Waals surface area (Å²) in [4.78, 5) is 33.0. The number of aryl methyl sites for hydroxylation is 4. The van der Waals surface area contributed by atoms with Crippen LogP contribution >= 0.6 is 0 Å². The molecule has 38 heavy (non-hydrogen) atoms. The van der Waals surface area contributed by atoms with Crippen molar-refractivity contribution >= 4 is 11.7 Å². The molecular weight excluding hydrogens is 494 g/mol. The topological polar surface area (TPSA) is 111 Å². The van der Waals surface area contributed by atoms with Crippen LogP contribution in [-0.2, 0) is 18.3 Å². The number of amides is 1. The van der Waals surface area contributed by atoms with Gasteiger partial charge in [-0.1, -0.05) is 0 Å². The first kappa shape index (κ1) is 25.9. The van der Waals surface area contributed by atoms with E-state index in [0.29, 0.717) is 41.7 Å². The predicted molar refractivity (Wildman–Crippen MR) is 136 cm³/mol. The smallest absolute Gasteiger partial charge is 0.297 e. The third-order valence-corrected chi connectivity index (χ3v) is 7.53. The van der Waals surface area contributed by atoms with Crippen molar-refractivity contribution in [2.45, 2.75) is 64.3 Å². The van der Waals surface area contributed by atoms with Gasteiger partial charge in [0.15, 0.2) is 11.6 Å². The molecule has 3 aromatic heterocycles. The monoisotopic (exact) mass is 526 g/mol. The number of hydrogen-bond acceptors (Lipinski definition) is 8. The number of nitrogens with zero attached hydrogens (tertiary/aromatic N) is 7. The van der Waals surface area contributed by atoms with Crippen LogP contribution in [0.1, 0.15) is 67.1 Å². The molecule has 0 radical (unpaired) electrons. The second-order valence-corrected chi connectivity index (χ2v) is 10.2. The van der Waals surface area contributed by atoms with Gasteiger partial charge < -0.3 is 15.0 Å². The Kier molecular flexibility index (Phi) is 6.74. The Labute approximate surface area is 219 Å². The van der Waals surface area contributed by atoms with Crippen molar-refractivity contribution in [3.63, 3.8) is 0 Å². The number of carbonyl (C=O) groups is 1. The number of hydrogen-bond donors (Lipinski definition) is 1. The highest BCUT2D eigenvalue weighted by atomic mass is 19.3. The highest BCUT2D eigenvalue weighted by Gasteiger charge is 2.41. The SMILES string of the molecule is COc1cc([C@@H](C)C(=O)N2CCC[C@@]3(CCc4cc(-c5nc(C(F)F)n(C)n5)c(C)nc4N3)C2)nc(C)n1. The summed E-state index contributed by atoms with van der Waals surface area (Å²) in [7, 11) is 3.01. The number of anilines is 1. The predicted octanol–water partition coefficient (Wildman–Crippen LogP) is 3.75. The number of fused-ring (bicyclic) bond motifs is 1. The zero-order valence-electron chi connectivity index (χ0n) is 22.3. The average Bonchev–Trinajstić information content (AvgIpc) is 3.28. The van der Waals surface area contributed by atoms with Gasteiger partial charge in [0.2, 0.25) is 11.8 Å². The number of halogens is 2. The van der Waals surface area contributed by atoms with Crippen LogP contribution in [0.3, 0.4) is 0 Å². The third kappa shape index (κ3) is 4.79. The van der Waals surface area contributed by atoms with Gasteiger partial charge in [-0.3, -0.25) is 4.79 Å². The number of ether oxygens (including phenoxy) is 1. The van der Waals surface area contributed by atoms with E-state index in [-0.39, 0.29) is 23.1 Å². The lowest BCUT2D eigenvalue weighted by Gasteiger charge is -2.46. The zero-order valence-corrected chi connectivity index (χ0v) is 22.3. The second kappa shape index (κ2) is 9.88. The lowest BCUT2D eigenvalue weighted by atomic mass is 9.80. The molecule has 1 saturated heterocycles. The fourth-order valence-corrected chi connectivity index (χ4v) is 5.48. The number of carbonyl (C=O) groups excluding carboxylic acids is 1. The van der Waals surface area contributed by atoms with Crippen molar-refractivity contribution in [3.8, 4) is 17.3 Å². The molecule has 2 aliphatic rings. The van der Waals surface area contributed by atoms with Gasteiger partial charge in [0.1, 0.15) is 11.6 Å². The quantitative estimate of drug-likeness (QED) is 0.535. The van der Waals surface area contributed by atoms with Crippen LogP contribution in [0.4, 0.5) is 14.6 Å². The van der Waals surface area contributed by atoms with Gasteiger partial charge >= 0.3 is 0 Å². The van der Waals surface area contributed by atoms with Crippen LogP contribution in [0.15, 0.2) is 12.1 Å². The molecule has 5 heterocycles. The number of aromatic nitrogens is 6. The molecule has 0 aromatic carbocycles.